The Hall–Kier alpha value is -7.42. The monoisotopic (exact) mass is 810 g/mol. The van der Waals surface area contributed by atoms with Gasteiger partial charge in [0.15, 0.2) is 0 Å². The molecule has 9 aromatic carbocycles. The minimum atomic E-state index is -0.0738. The molecule has 63 heavy (non-hydrogen) atoms. The molecule has 0 bridgehead atoms. The zero-order valence-corrected chi connectivity index (χ0v) is 36.6. The second kappa shape index (κ2) is 14.9. The second-order valence-electron chi connectivity index (χ2n) is 18.3. The molecule has 0 fully saturated rings. The van der Waals surface area contributed by atoms with Gasteiger partial charge in [-0.05, 0) is 146 Å². The summed E-state index contributed by atoms with van der Waals surface area (Å²) in [6.07, 6.45) is 0. The van der Waals surface area contributed by atoms with Crippen LogP contribution in [0, 0.1) is 6.92 Å². The first-order valence-corrected chi connectivity index (χ1v) is 22.2. The molecule has 0 radical (unpaired) electrons. The maximum atomic E-state index is 2.40. The van der Waals surface area contributed by atoms with Crippen molar-refractivity contribution in [3.63, 3.8) is 0 Å². The van der Waals surface area contributed by atoms with E-state index in [0.29, 0.717) is 0 Å². The van der Waals surface area contributed by atoms with Gasteiger partial charge in [-0.3, -0.25) is 0 Å². The zero-order valence-electron chi connectivity index (χ0n) is 36.6. The van der Waals surface area contributed by atoms with Crippen LogP contribution in [0.25, 0.3) is 44.5 Å². The van der Waals surface area contributed by atoms with E-state index in [2.05, 4.69) is 257 Å². The molecule has 9 aromatic rings. The van der Waals surface area contributed by atoms with E-state index in [9.17, 15) is 0 Å². The smallest absolute Gasteiger partial charge is 0.0465 e. The van der Waals surface area contributed by atoms with Gasteiger partial charge in [-0.2, -0.15) is 0 Å². The van der Waals surface area contributed by atoms with Gasteiger partial charge in [-0.15, -0.1) is 0 Å². The van der Waals surface area contributed by atoms with Crippen molar-refractivity contribution in [2.45, 2.75) is 45.4 Å². The van der Waals surface area contributed by atoms with E-state index in [-0.39, 0.29) is 10.8 Å². The molecule has 0 amide bonds. The van der Waals surface area contributed by atoms with E-state index >= 15 is 0 Å². The van der Waals surface area contributed by atoms with Gasteiger partial charge in [0.1, 0.15) is 0 Å². The first kappa shape index (κ1) is 38.5. The number of anilines is 6. The summed E-state index contributed by atoms with van der Waals surface area (Å²) in [5, 5.41) is 0. The minimum Gasteiger partial charge on any atom is -0.310 e. The number of aryl methyl sites for hydroxylation is 1. The van der Waals surface area contributed by atoms with Crippen molar-refractivity contribution in [3.05, 3.63) is 240 Å². The molecule has 304 valence electrons. The molecular weight excluding hydrogens is 761 g/mol. The van der Waals surface area contributed by atoms with Crippen molar-refractivity contribution in [1.29, 1.82) is 0 Å². The highest BCUT2D eigenvalue weighted by atomic mass is 15.1. The quantitative estimate of drug-likeness (QED) is 0.151. The van der Waals surface area contributed by atoms with Gasteiger partial charge in [0.25, 0.3) is 0 Å². The SMILES string of the molecule is Cc1ccc(N(c2ccc(-c3ccc(-c4ccc(N(c5ccccc5)c5ccc6c(c5)C(C)(C)c5ccccc5-6)cc4)cc3)cc2)c2ccc3c(c2)C(C)(C)c2ccccc2-3)cc1. The Kier molecular flexibility index (Phi) is 9.10. The fourth-order valence-corrected chi connectivity index (χ4v) is 10.3. The van der Waals surface area contributed by atoms with Crippen LogP contribution in [-0.2, 0) is 10.8 Å². The topological polar surface area (TPSA) is 6.48 Å². The van der Waals surface area contributed by atoms with Gasteiger partial charge in [0, 0.05) is 45.0 Å². The summed E-state index contributed by atoms with van der Waals surface area (Å²) in [5.74, 6) is 0. The second-order valence-corrected chi connectivity index (χ2v) is 18.3. The summed E-state index contributed by atoms with van der Waals surface area (Å²) in [6, 6.07) is 78.3. The summed E-state index contributed by atoms with van der Waals surface area (Å²) >= 11 is 0. The van der Waals surface area contributed by atoms with Crippen molar-refractivity contribution in [1.82, 2.24) is 0 Å². The van der Waals surface area contributed by atoms with E-state index in [1.807, 2.05) is 0 Å². The number of nitrogens with zero attached hydrogens (tertiary/aromatic N) is 2. The summed E-state index contributed by atoms with van der Waals surface area (Å²) in [4.78, 5) is 4.76. The maximum Gasteiger partial charge on any atom is 0.0465 e. The Morgan fingerprint density at radius 2 is 0.571 bits per heavy atom. The van der Waals surface area contributed by atoms with Crippen LogP contribution in [0.5, 0.6) is 0 Å². The average Bonchev–Trinajstić information content (AvgIpc) is 3.69. The number of rotatable bonds is 8. The van der Waals surface area contributed by atoms with Crippen molar-refractivity contribution in [3.8, 4) is 44.5 Å². The number of para-hydroxylation sites is 1. The van der Waals surface area contributed by atoms with E-state index in [4.69, 9.17) is 0 Å². The Morgan fingerprint density at radius 3 is 0.984 bits per heavy atom. The van der Waals surface area contributed by atoms with Crippen LogP contribution in [0.4, 0.5) is 34.1 Å². The van der Waals surface area contributed by atoms with Crippen molar-refractivity contribution in [2.24, 2.45) is 0 Å². The molecule has 0 unspecified atom stereocenters. The molecule has 0 aromatic heterocycles. The predicted octanol–water partition coefficient (Wildman–Crippen LogP) is 16.9. The van der Waals surface area contributed by atoms with Crippen LogP contribution >= 0.6 is 0 Å². The lowest BCUT2D eigenvalue weighted by molar-refractivity contribution is 0.660. The fourth-order valence-electron chi connectivity index (χ4n) is 10.3. The van der Waals surface area contributed by atoms with Crippen molar-refractivity contribution >= 4 is 34.1 Å². The van der Waals surface area contributed by atoms with E-state index in [1.165, 1.54) is 72.3 Å². The highest BCUT2D eigenvalue weighted by Gasteiger charge is 2.37. The molecule has 0 spiro atoms. The molecule has 2 nitrogen and oxygen atoms in total. The molecule has 2 heteroatoms. The molecular formula is C61H50N2. The molecule has 0 N–H and O–H groups in total. The predicted molar refractivity (Wildman–Crippen MR) is 267 cm³/mol. The molecule has 2 aliphatic carbocycles. The fraction of sp³-hybridized carbons (Fsp3) is 0.115. The lowest BCUT2D eigenvalue weighted by atomic mass is 9.82. The molecule has 2 aliphatic rings. The molecule has 0 heterocycles. The zero-order chi connectivity index (χ0) is 42.9. The average molecular weight is 811 g/mol. The van der Waals surface area contributed by atoms with Crippen molar-refractivity contribution < 1.29 is 0 Å². The van der Waals surface area contributed by atoms with Crippen LogP contribution in [0.2, 0.25) is 0 Å². The lowest BCUT2D eigenvalue weighted by Gasteiger charge is -2.28. The van der Waals surface area contributed by atoms with Gasteiger partial charge < -0.3 is 9.80 Å². The Bertz CT molecular complexity index is 3140. The molecule has 0 saturated heterocycles. The van der Waals surface area contributed by atoms with Gasteiger partial charge in [0.05, 0.1) is 0 Å². The third-order valence-electron chi connectivity index (χ3n) is 13.8. The summed E-state index contributed by atoms with van der Waals surface area (Å²) in [6.45, 7) is 11.5. The van der Waals surface area contributed by atoms with Crippen LogP contribution in [0.3, 0.4) is 0 Å². The minimum absolute atomic E-state index is 0.0712. The number of benzene rings is 9. The van der Waals surface area contributed by atoms with Crippen LogP contribution in [-0.4, -0.2) is 0 Å². The number of fused-ring (bicyclic) bond motifs is 6. The third kappa shape index (κ3) is 6.48. The lowest BCUT2D eigenvalue weighted by Crippen LogP contribution is -2.16. The van der Waals surface area contributed by atoms with Gasteiger partial charge in [0.2, 0.25) is 0 Å². The molecule has 11 rings (SSSR count). The summed E-state index contributed by atoms with van der Waals surface area (Å²) < 4.78 is 0. The van der Waals surface area contributed by atoms with Crippen LogP contribution < -0.4 is 9.80 Å². The van der Waals surface area contributed by atoms with Crippen LogP contribution in [0.15, 0.2) is 212 Å². The Balaban J connectivity index is 0.870. The van der Waals surface area contributed by atoms with Gasteiger partial charge in [-0.25, -0.2) is 0 Å². The first-order chi connectivity index (χ1) is 30.6. The normalized spacial score (nSPS) is 13.7. The summed E-state index contributed by atoms with van der Waals surface area (Å²) in [7, 11) is 0. The molecule has 0 saturated carbocycles. The molecule has 0 atom stereocenters. The van der Waals surface area contributed by atoms with E-state index < -0.39 is 0 Å². The Labute approximate surface area is 372 Å². The highest BCUT2D eigenvalue weighted by molar-refractivity contribution is 5.88. The van der Waals surface area contributed by atoms with E-state index in [1.54, 1.807) is 0 Å². The summed E-state index contributed by atoms with van der Waals surface area (Å²) in [5.41, 5.74) is 23.6. The standard InChI is InChI=1S/C61H50N2/c1-41-19-29-47(30-20-41)63(51-36-38-55-53-16-10-12-18-57(53)61(4,5)59(55)40-51)49-33-27-45(28-34-49)43-23-21-42(22-24-43)44-25-31-48(32-26-44)62(46-13-7-6-8-14-46)50-35-37-54-52-15-9-11-17-56(52)60(2,3)58(54)39-50/h6-40H,1-5H3. The van der Waals surface area contributed by atoms with Gasteiger partial charge in [-0.1, -0.05) is 173 Å². The number of hydrogen-bond donors (Lipinski definition) is 0. The third-order valence-corrected chi connectivity index (χ3v) is 13.8. The van der Waals surface area contributed by atoms with Crippen molar-refractivity contribution in [2.75, 3.05) is 9.80 Å². The van der Waals surface area contributed by atoms with Crippen LogP contribution in [0.1, 0.15) is 55.5 Å². The first-order valence-electron chi connectivity index (χ1n) is 22.2. The Morgan fingerprint density at radius 1 is 0.270 bits per heavy atom. The van der Waals surface area contributed by atoms with Gasteiger partial charge >= 0.3 is 0 Å². The van der Waals surface area contributed by atoms with E-state index in [0.717, 1.165) is 34.1 Å². The maximum absolute atomic E-state index is 2.40. The largest absolute Gasteiger partial charge is 0.310 e. The molecule has 0 aliphatic heterocycles. The number of hydrogen-bond acceptors (Lipinski definition) is 2. The highest BCUT2D eigenvalue weighted by Crippen LogP contribution is 2.52.